The molecule has 0 aliphatic rings. The van der Waals surface area contributed by atoms with E-state index in [-0.39, 0.29) is 0 Å². The summed E-state index contributed by atoms with van der Waals surface area (Å²) in [5, 5.41) is 1.12. The number of aromatic nitrogens is 1. The summed E-state index contributed by atoms with van der Waals surface area (Å²) < 4.78 is 0. The summed E-state index contributed by atoms with van der Waals surface area (Å²) in [4.78, 5) is 11.7. The van der Waals surface area contributed by atoms with E-state index in [1.807, 2.05) is 24.4 Å². The van der Waals surface area contributed by atoms with Crippen molar-refractivity contribution in [2.75, 3.05) is 0 Å². The van der Waals surface area contributed by atoms with E-state index in [9.17, 15) is 0 Å². The Morgan fingerprint density at radius 1 is 1.25 bits per heavy atom. The molecule has 0 atom stereocenters. The van der Waals surface area contributed by atoms with Crippen LogP contribution in [0.4, 0.5) is 0 Å². The lowest BCUT2D eigenvalue weighted by molar-refractivity contribution is -0.211. The molecule has 4 nitrogen and oxygen atoms in total. The maximum Gasteiger partial charge on any atom is 0.169 e. The minimum atomic E-state index is 0.576. The Morgan fingerprint density at radius 2 is 2.17 bits per heavy atom. The van der Waals surface area contributed by atoms with E-state index < -0.39 is 0 Å². The third-order valence-corrected chi connectivity index (χ3v) is 1.67. The van der Waals surface area contributed by atoms with Gasteiger partial charge in [0.05, 0.1) is 0 Å². The van der Waals surface area contributed by atoms with Crippen LogP contribution in [0.15, 0.2) is 30.5 Å². The van der Waals surface area contributed by atoms with Crippen LogP contribution >= 0.6 is 0 Å². The van der Waals surface area contributed by atoms with Crippen molar-refractivity contribution < 1.29 is 9.88 Å². The predicted molar refractivity (Wildman–Crippen MR) is 44.2 cm³/mol. The van der Waals surface area contributed by atoms with Gasteiger partial charge in [0.25, 0.3) is 0 Å². The van der Waals surface area contributed by atoms with Crippen LogP contribution in [0.5, 0.6) is 5.75 Å². The molecule has 62 valence electrons. The van der Waals surface area contributed by atoms with Gasteiger partial charge in [-0.2, -0.15) is 5.90 Å². The van der Waals surface area contributed by atoms with Crippen LogP contribution < -0.4 is 10.8 Å². The van der Waals surface area contributed by atoms with Gasteiger partial charge in [-0.3, -0.25) is 0 Å². The van der Waals surface area contributed by atoms with E-state index in [0.29, 0.717) is 5.75 Å². The van der Waals surface area contributed by atoms with Gasteiger partial charge in [0.2, 0.25) is 0 Å². The van der Waals surface area contributed by atoms with Crippen molar-refractivity contribution in [1.82, 2.24) is 4.98 Å². The number of fused-ring (bicyclic) bond motifs is 1. The van der Waals surface area contributed by atoms with Gasteiger partial charge in [0.1, 0.15) is 0 Å². The Morgan fingerprint density at radius 3 is 3.00 bits per heavy atom. The zero-order valence-electron chi connectivity index (χ0n) is 6.28. The van der Waals surface area contributed by atoms with Gasteiger partial charge in [-0.1, -0.05) is 4.99 Å². The lowest BCUT2D eigenvalue weighted by atomic mass is 10.2. The molecular formula is C8H8N2O2. The first-order chi connectivity index (χ1) is 5.90. The number of nitrogens with two attached hydrogens (primary N) is 1. The van der Waals surface area contributed by atoms with Crippen LogP contribution in [0.2, 0.25) is 0 Å². The van der Waals surface area contributed by atoms with Gasteiger partial charge in [-0.15, -0.1) is 0 Å². The summed E-state index contributed by atoms with van der Waals surface area (Å²) in [6.45, 7) is 0. The zero-order chi connectivity index (χ0) is 8.39. The molecule has 0 saturated carbocycles. The average Bonchev–Trinajstić information content (AvgIpc) is 2.51. The van der Waals surface area contributed by atoms with Crippen LogP contribution in [0.25, 0.3) is 10.9 Å². The molecule has 1 aromatic carbocycles. The maximum absolute atomic E-state index is 4.75. The summed E-state index contributed by atoms with van der Waals surface area (Å²) in [5.74, 6) is 5.32. The number of benzene rings is 1. The van der Waals surface area contributed by atoms with Gasteiger partial charge < -0.3 is 9.87 Å². The molecule has 4 heteroatoms. The van der Waals surface area contributed by atoms with Crippen LogP contribution in [0.1, 0.15) is 0 Å². The molecule has 0 saturated heterocycles. The first kappa shape index (κ1) is 7.15. The third-order valence-electron chi connectivity index (χ3n) is 1.67. The van der Waals surface area contributed by atoms with Crippen molar-refractivity contribution in [3.8, 4) is 5.75 Å². The number of nitrogens with one attached hydrogen (secondary N) is 1. The number of rotatable bonds is 2. The molecule has 0 radical (unpaired) electrons. The fraction of sp³-hybridized carbons (Fsp3) is 0. The van der Waals surface area contributed by atoms with Gasteiger partial charge >= 0.3 is 0 Å². The summed E-state index contributed by atoms with van der Waals surface area (Å²) in [6.07, 6.45) is 1.86. The second-order valence-electron chi connectivity index (χ2n) is 2.41. The SMILES string of the molecule is NOOc1ccc2cc[nH]c2c1. The molecule has 0 amide bonds. The largest absolute Gasteiger partial charge is 0.361 e. The van der Waals surface area contributed by atoms with Gasteiger partial charge in [-0.05, 0) is 23.6 Å². The van der Waals surface area contributed by atoms with Crippen molar-refractivity contribution in [3.63, 3.8) is 0 Å². The molecule has 0 aliphatic heterocycles. The number of hydrogen-bond acceptors (Lipinski definition) is 3. The smallest absolute Gasteiger partial charge is 0.169 e. The van der Waals surface area contributed by atoms with E-state index in [2.05, 4.69) is 14.9 Å². The Hall–Kier alpha value is -1.52. The predicted octanol–water partition coefficient (Wildman–Crippen LogP) is 1.35. The molecule has 2 aromatic rings. The first-order valence-corrected chi connectivity index (χ1v) is 3.51. The van der Waals surface area contributed by atoms with E-state index >= 15 is 0 Å². The Bertz CT molecular complexity index is 383. The topological polar surface area (TPSA) is 60.3 Å². The highest BCUT2D eigenvalue weighted by atomic mass is 17.3. The standard InChI is InChI=1S/C8H8N2O2/c9-12-11-7-2-1-6-3-4-10-8(6)5-7/h1-5,10H,9H2. The Labute approximate surface area is 68.8 Å². The van der Waals surface area contributed by atoms with Gasteiger partial charge in [0, 0.05) is 17.8 Å². The molecular weight excluding hydrogens is 156 g/mol. The number of hydrogen-bond donors (Lipinski definition) is 2. The molecule has 1 aromatic heterocycles. The lowest BCUT2D eigenvalue weighted by Crippen LogP contribution is -2.02. The van der Waals surface area contributed by atoms with Crippen LogP contribution in [0.3, 0.4) is 0 Å². The van der Waals surface area contributed by atoms with Gasteiger partial charge in [0.15, 0.2) is 5.75 Å². The third kappa shape index (κ3) is 1.13. The molecule has 0 spiro atoms. The van der Waals surface area contributed by atoms with Crippen molar-refractivity contribution >= 4 is 10.9 Å². The van der Waals surface area contributed by atoms with Crippen molar-refractivity contribution in [2.24, 2.45) is 5.90 Å². The van der Waals surface area contributed by atoms with Crippen molar-refractivity contribution in [1.29, 1.82) is 0 Å². The second kappa shape index (κ2) is 2.84. The fourth-order valence-corrected chi connectivity index (χ4v) is 1.13. The lowest BCUT2D eigenvalue weighted by Gasteiger charge is -1.98. The minimum Gasteiger partial charge on any atom is -0.361 e. The summed E-state index contributed by atoms with van der Waals surface area (Å²) in [7, 11) is 0. The quantitative estimate of drug-likeness (QED) is 0.520. The normalized spacial score (nSPS) is 10.4. The Kier molecular flexibility index (Phi) is 1.69. The highest BCUT2D eigenvalue weighted by Crippen LogP contribution is 2.18. The summed E-state index contributed by atoms with van der Waals surface area (Å²) >= 11 is 0. The molecule has 2 rings (SSSR count). The number of H-pyrrole nitrogens is 1. The Balaban J connectivity index is 2.46. The highest BCUT2D eigenvalue weighted by molar-refractivity contribution is 5.80. The number of aromatic amines is 1. The van der Waals surface area contributed by atoms with Crippen LogP contribution in [0, 0.1) is 0 Å². The molecule has 1 heterocycles. The van der Waals surface area contributed by atoms with E-state index in [4.69, 9.17) is 5.90 Å². The molecule has 0 unspecified atom stereocenters. The molecule has 0 fully saturated rings. The highest BCUT2D eigenvalue weighted by Gasteiger charge is 1.97. The van der Waals surface area contributed by atoms with Crippen molar-refractivity contribution in [2.45, 2.75) is 0 Å². The second-order valence-corrected chi connectivity index (χ2v) is 2.41. The van der Waals surface area contributed by atoms with E-state index in [1.54, 1.807) is 6.07 Å². The van der Waals surface area contributed by atoms with Crippen LogP contribution in [-0.4, -0.2) is 4.98 Å². The molecule has 12 heavy (non-hydrogen) atoms. The van der Waals surface area contributed by atoms with Gasteiger partial charge in [-0.25, -0.2) is 0 Å². The fourth-order valence-electron chi connectivity index (χ4n) is 1.13. The first-order valence-electron chi connectivity index (χ1n) is 3.51. The molecule has 0 bridgehead atoms. The van der Waals surface area contributed by atoms with E-state index in [1.165, 1.54) is 0 Å². The van der Waals surface area contributed by atoms with E-state index in [0.717, 1.165) is 10.9 Å². The summed E-state index contributed by atoms with van der Waals surface area (Å²) in [5.41, 5.74) is 0.990. The molecule has 0 aliphatic carbocycles. The summed E-state index contributed by atoms with van der Waals surface area (Å²) in [6, 6.07) is 7.48. The zero-order valence-corrected chi connectivity index (χ0v) is 6.28. The molecule has 3 N–H and O–H groups in total. The minimum absolute atomic E-state index is 0.576. The maximum atomic E-state index is 4.75. The monoisotopic (exact) mass is 164 g/mol. The van der Waals surface area contributed by atoms with Crippen LogP contribution in [-0.2, 0) is 4.99 Å². The average molecular weight is 164 g/mol. The van der Waals surface area contributed by atoms with Crippen molar-refractivity contribution in [3.05, 3.63) is 30.5 Å².